The van der Waals surface area contributed by atoms with Gasteiger partial charge in [0.1, 0.15) is 0 Å². The highest BCUT2D eigenvalue weighted by Crippen LogP contribution is 2.18. The third-order valence-electron chi connectivity index (χ3n) is 3.17. The fourth-order valence-electron chi connectivity index (χ4n) is 2.06. The number of amides is 3. The second kappa shape index (κ2) is 6.44. The molecule has 0 aromatic carbocycles. The molecule has 0 bridgehead atoms. The number of aromatic nitrogens is 2. The topological polar surface area (TPSA) is 69.6 Å². The first kappa shape index (κ1) is 15.8. The van der Waals surface area contributed by atoms with Crippen LogP contribution in [-0.2, 0) is 0 Å². The van der Waals surface area contributed by atoms with E-state index < -0.39 is 0 Å². The minimum atomic E-state index is -0.256. The number of halogens is 2. The van der Waals surface area contributed by atoms with E-state index in [0.29, 0.717) is 26.2 Å². The summed E-state index contributed by atoms with van der Waals surface area (Å²) in [6, 6.07) is 1.34. The van der Waals surface area contributed by atoms with Crippen molar-refractivity contribution in [1.29, 1.82) is 0 Å². The van der Waals surface area contributed by atoms with E-state index in [1.54, 1.807) is 23.9 Å². The van der Waals surface area contributed by atoms with Crippen LogP contribution in [0.4, 0.5) is 4.79 Å². The summed E-state index contributed by atoms with van der Waals surface area (Å²) in [4.78, 5) is 29.1. The normalized spacial score (nSPS) is 15.0. The van der Waals surface area contributed by atoms with Crippen molar-refractivity contribution in [3.63, 3.8) is 0 Å². The number of piperazine rings is 1. The van der Waals surface area contributed by atoms with E-state index in [1.165, 1.54) is 11.0 Å². The van der Waals surface area contributed by atoms with Crippen LogP contribution >= 0.6 is 23.2 Å². The lowest BCUT2D eigenvalue weighted by molar-refractivity contribution is 0.0650. The maximum atomic E-state index is 12.4. The highest BCUT2D eigenvalue weighted by Gasteiger charge is 2.27. The largest absolute Gasteiger partial charge is 0.335 e. The van der Waals surface area contributed by atoms with E-state index in [2.05, 4.69) is 10.2 Å². The molecular formula is C12H15Cl2N5O2. The molecule has 0 radical (unpaired) electrons. The Labute approximate surface area is 132 Å². The predicted octanol–water partition coefficient (Wildman–Crippen LogP) is 1.22. The highest BCUT2D eigenvalue weighted by molar-refractivity contribution is 6.34. The van der Waals surface area contributed by atoms with Gasteiger partial charge in [-0.3, -0.25) is 4.79 Å². The quantitative estimate of drug-likeness (QED) is 0.775. The summed E-state index contributed by atoms with van der Waals surface area (Å²) in [6.45, 7) is 1.84. The minimum absolute atomic E-state index is 0.0243. The maximum absolute atomic E-state index is 12.4. The van der Waals surface area contributed by atoms with E-state index >= 15 is 0 Å². The minimum Gasteiger partial charge on any atom is -0.335 e. The SMILES string of the molecule is CN(C)C(=O)N1CCN(C(=O)c2cc(Cl)nnc2Cl)CC1. The smallest absolute Gasteiger partial charge is 0.319 e. The first-order valence-electron chi connectivity index (χ1n) is 6.34. The van der Waals surface area contributed by atoms with Crippen molar-refractivity contribution in [3.05, 3.63) is 21.9 Å². The molecule has 3 amide bonds. The molecule has 0 N–H and O–H groups in total. The van der Waals surface area contributed by atoms with Crippen LogP contribution in [0.5, 0.6) is 0 Å². The van der Waals surface area contributed by atoms with Crippen molar-refractivity contribution < 1.29 is 9.59 Å². The average Bonchev–Trinajstić information content (AvgIpc) is 2.48. The molecule has 0 spiro atoms. The van der Waals surface area contributed by atoms with Crippen LogP contribution in [-0.4, -0.2) is 77.1 Å². The van der Waals surface area contributed by atoms with Crippen LogP contribution < -0.4 is 0 Å². The van der Waals surface area contributed by atoms with Gasteiger partial charge in [0.25, 0.3) is 5.91 Å². The number of nitrogens with zero attached hydrogens (tertiary/aromatic N) is 5. The van der Waals surface area contributed by atoms with Gasteiger partial charge in [-0.25, -0.2) is 4.79 Å². The summed E-state index contributed by atoms with van der Waals surface area (Å²) >= 11 is 11.6. The number of urea groups is 1. The van der Waals surface area contributed by atoms with Gasteiger partial charge in [0, 0.05) is 40.3 Å². The molecule has 2 rings (SSSR count). The molecule has 2 heterocycles. The molecule has 0 aliphatic carbocycles. The molecule has 21 heavy (non-hydrogen) atoms. The van der Waals surface area contributed by atoms with Crippen molar-refractivity contribution in [2.24, 2.45) is 0 Å². The molecule has 1 aromatic heterocycles. The Hall–Kier alpha value is -1.60. The summed E-state index contributed by atoms with van der Waals surface area (Å²) in [7, 11) is 3.40. The predicted molar refractivity (Wildman–Crippen MR) is 78.6 cm³/mol. The molecule has 0 unspecified atom stereocenters. The zero-order valence-corrected chi connectivity index (χ0v) is 13.2. The van der Waals surface area contributed by atoms with E-state index in [9.17, 15) is 9.59 Å². The summed E-state index contributed by atoms with van der Waals surface area (Å²) in [6.07, 6.45) is 0. The van der Waals surface area contributed by atoms with Gasteiger partial charge in [-0.2, -0.15) is 0 Å². The fourth-order valence-corrected chi connectivity index (χ4v) is 2.38. The van der Waals surface area contributed by atoms with Gasteiger partial charge < -0.3 is 14.7 Å². The van der Waals surface area contributed by atoms with Crippen LogP contribution in [0.25, 0.3) is 0 Å². The first-order valence-corrected chi connectivity index (χ1v) is 7.10. The Kier molecular flexibility index (Phi) is 4.84. The molecule has 0 saturated carbocycles. The van der Waals surface area contributed by atoms with Crippen LogP contribution in [0.2, 0.25) is 10.3 Å². The summed E-state index contributed by atoms with van der Waals surface area (Å²) in [5.74, 6) is -0.256. The number of hydrogen-bond donors (Lipinski definition) is 0. The zero-order valence-electron chi connectivity index (χ0n) is 11.7. The number of carbonyl (C=O) groups is 2. The Bertz CT molecular complexity index is 559. The van der Waals surface area contributed by atoms with Crippen LogP contribution in [0, 0.1) is 0 Å². The number of carbonyl (C=O) groups excluding carboxylic acids is 2. The van der Waals surface area contributed by atoms with Gasteiger partial charge in [-0.1, -0.05) is 23.2 Å². The zero-order chi connectivity index (χ0) is 15.6. The second-order valence-corrected chi connectivity index (χ2v) is 5.57. The molecule has 114 valence electrons. The van der Waals surface area contributed by atoms with Crippen LogP contribution in [0.1, 0.15) is 10.4 Å². The van der Waals surface area contributed by atoms with E-state index in [4.69, 9.17) is 23.2 Å². The lowest BCUT2D eigenvalue weighted by Crippen LogP contribution is -2.52. The van der Waals surface area contributed by atoms with Gasteiger partial charge in [0.05, 0.1) is 5.56 Å². The van der Waals surface area contributed by atoms with Gasteiger partial charge in [0.15, 0.2) is 10.3 Å². The molecular weight excluding hydrogens is 317 g/mol. The van der Waals surface area contributed by atoms with Gasteiger partial charge in [-0.15, -0.1) is 10.2 Å². The van der Waals surface area contributed by atoms with Crippen LogP contribution in [0.3, 0.4) is 0 Å². The van der Waals surface area contributed by atoms with E-state index in [-0.39, 0.29) is 27.8 Å². The first-order chi connectivity index (χ1) is 9.90. The third-order valence-corrected chi connectivity index (χ3v) is 3.63. The Morgan fingerprint density at radius 1 is 1.10 bits per heavy atom. The number of rotatable bonds is 1. The monoisotopic (exact) mass is 331 g/mol. The molecule has 0 atom stereocenters. The molecule has 9 heteroatoms. The molecule has 1 aliphatic heterocycles. The van der Waals surface area contributed by atoms with Crippen molar-refractivity contribution in [2.75, 3.05) is 40.3 Å². The summed E-state index contributed by atoms with van der Waals surface area (Å²) < 4.78 is 0. The molecule has 1 fully saturated rings. The van der Waals surface area contributed by atoms with E-state index in [1.807, 2.05) is 0 Å². The Morgan fingerprint density at radius 2 is 1.67 bits per heavy atom. The Balaban J connectivity index is 2.03. The third kappa shape index (κ3) is 3.54. The molecule has 1 saturated heterocycles. The molecule has 1 aliphatic rings. The average molecular weight is 332 g/mol. The van der Waals surface area contributed by atoms with Gasteiger partial charge >= 0.3 is 6.03 Å². The van der Waals surface area contributed by atoms with Gasteiger partial charge in [0.2, 0.25) is 0 Å². The highest BCUT2D eigenvalue weighted by atomic mass is 35.5. The fraction of sp³-hybridized carbons (Fsp3) is 0.500. The van der Waals surface area contributed by atoms with E-state index in [0.717, 1.165) is 0 Å². The lowest BCUT2D eigenvalue weighted by Gasteiger charge is -2.36. The number of hydrogen-bond acceptors (Lipinski definition) is 4. The second-order valence-electron chi connectivity index (χ2n) is 4.83. The standard InChI is InChI=1S/C12H15Cl2N5O2/c1-17(2)12(21)19-5-3-18(4-6-19)11(20)8-7-9(13)15-16-10(8)14/h7H,3-6H2,1-2H3. The van der Waals surface area contributed by atoms with Crippen molar-refractivity contribution in [3.8, 4) is 0 Å². The molecule has 1 aromatic rings. The summed E-state index contributed by atoms with van der Waals surface area (Å²) in [5, 5.41) is 7.34. The Morgan fingerprint density at radius 3 is 2.24 bits per heavy atom. The van der Waals surface area contributed by atoms with Crippen LogP contribution in [0.15, 0.2) is 6.07 Å². The van der Waals surface area contributed by atoms with Crippen molar-refractivity contribution >= 4 is 35.1 Å². The lowest BCUT2D eigenvalue weighted by atomic mass is 10.2. The van der Waals surface area contributed by atoms with Crippen molar-refractivity contribution in [2.45, 2.75) is 0 Å². The summed E-state index contributed by atoms with van der Waals surface area (Å²) in [5.41, 5.74) is 0.226. The molecule has 7 nitrogen and oxygen atoms in total. The maximum Gasteiger partial charge on any atom is 0.319 e. The van der Waals surface area contributed by atoms with Crippen molar-refractivity contribution in [1.82, 2.24) is 24.9 Å². The van der Waals surface area contributed by atoms with Gasteiger partial charge in [-0.05, 0) is 6.07 Å².